The average Bonchev–Trinajstić information content (AvgIpc) is 3.75. The Balaban J connectivity index is 1.26. The molecule has 1 fully saturated rings. The highest BCUT2D eigenvalue weighted by atomic mass is 19.1. The van der Waals surface area contributed by atoms with Gasteiger partial charge in [0.1, 0.15) is 24.2 Å². The van der Waals surface area contributed by atoms with E-state index >= 15 is 0 Å². The Bertz CT molecular complexity index is 1560. The van der Waals surface area contributed by atoms with Crippen molar-refractivity contribution in [2.75, 3.05) is 25.7 Å². The van der Waals surface area contributed by atoms with E-state index in [-0.39, 0.29) is 12.2 Å². The van der Waals surface area contributed by atoms with Gasteiger partial charge in [-0.25, -0.2) is 14.3 Å². The number of methoxy groups -OCH3 is 2. The van der Waals surface area contributed by atoms with Crippen LogP contribution in [0.15, 0.2) is 80.7 Å². The molecule has 0 spiro atoms. The van der Waals surface area contributed by atoms with Crippen molar-refractivity contribution in [2.24, 2.45) is 15.4 Å². The molecule has 204 valence electrons. The van der Waals surface area contributed by atoms with Crippen LogP contribution in [-0.4, -0.2) is 66.3 Å². The number of hydrazone groups is 1. The number of benzene rings is 2. The third kappa shape index (κ3) is 4.15. The van der Waals surface area contributed by atoms with Crippen LogP contribution in [0.2, 0.25) is 0 Å². The van der Waals surface area contributed by atoms with E-state index in [1.165, 1.54) is 48.7 Å². The van der Waals surface area contributed by atoms with Gasteiger partial charge >= 0.3 is 0 Å². The standard InChI is InChI=1S/C27H23FN6O6/c1-38-21-9-8-15(11-22(21)39-2)18-13-19(20-7-4-10-40-20)34(30-18)23(35)14-32-25-24(29-31-32)26(36)33(27(25)37)17-6-3-5-16(28)12-17/h3-12,19,24-25H,13-14H2,1-2H3/t19-,24-,25-/m0/s1. The second kappa shape index (κ2) is 9.91. The number of rotatable bonds is 7. The normalized spacial score (nSPS) is 21.7. The SMILES string of the molecule is COc1ccc(C2=NN(C(=O)CN3N=N[C@@H]4C(=O)N(c5cccc(F)c5)C(=O)[C@H]43)[C@H](c3ccco3)C2)cc1OC. The van der Waals surface area contributed by atoms with Crippen LogP contribution in [-0.2, 0) is 14.4 Å². The molecule has 0 saturated carbocycles. The summed E-state index contributed by atoms with van der Waals surface area (Å²) in [4.78, 5) is 40.7. The van der Waals surface area contributed by atoms with Crippen molar-refractivity contribution in [2.45, 2.75) is 24.5 Å². The first kappa shape index (κ1) is 25.2. The number of nitrogens with zero attached hydrogens (tertiary/aromatic N) is 6. The molecule has 1 aromatic heterocycles. The van der Waals surface area contributed by atoms with E-state index in [1.807, 2.05) is 6.07 Å². The first-order valence-electron chi connectivity index (χ1n) is 12.4. The Morgan fingerprint density at radius 1 is 1.05 bits per heavy atom. The largest absolute Gasteiger partial charge is 0.493 e. The predicted molar refractivity (Wildman–Crippen MR) is 137 cm³/mol. The lowest BCUT2D eigenvalue weighted by Crippen LogP contribution is -2.44. The van der Waals surface area contributed by atoms with Crippen LogP contribution in [0.4, 0.5) is 10.1 Å². The molecule has 3 aliphatic rings. The molecule has 12 nitrogen and oxygen atoms in total. The molecule has 3 atom stereocenters. The zero-order chi connectivity index (χ0) is 28.0. The molecule has 3 aliphatic heterocycles. The van der Waals surface area contributed by atoms with E-state index < -0.39 is 41.7 Å². The fraction of sp³-hybridized carbons (Fsp3) is 0.259. The number of halogens is 1. The molecule has 0 unspecified atom stereocenters. The van der Waals surface area contributed by atoms with Crippen LogP contribution in [0, 0.1) is 5.82 Å². The van der Waals surface area contributed by atoms with Gasteiger partial charge < -0.3 is 13.9 Å². The summed E-state index contributed by atoms with van der Waals surface area (Å²) in [6.07, 6.45) is 1.86. The van der Waals surface area contributed by atoms with Gasteiger partial charge in [0.2, 0.25) is 0 Å². The van der Waals surface area contributed by atoms with Crippen LogP contribution in [0.1, 0.15) is 23.8 Å². The number of furan rings is 1. The summed E-state index contributed by atoms with van der Waals surface area (Å²) in [6.45, 7) is -0.374. The van der Waals surface area contributed by atoms with Gasteiger partial charge in [-0.3, -0.25) is 19.4 Å². The highest BCUT2D eigenvalue weighted by Crippen LogP contribution is 2.37. The third-order valence-electron chi connectivity index (χ3n) is 6.98. The van der Waals surface area contributed by atoms with Gasteiger partial charge in [0.15, 0.2) is 23.6 Å². The third-order valence-corrected chi connectivity index (χ3v) is 6.98. The van der Waals surface area contributed by atoms with Crippen LogP contribution < -0.4 is 14.4 Å². The summed E-state index contributed by atoms with van der Waals surface area (Å²) in [6, 6.07) is 11.2. The highest BCUT2D eigenvalue weighted by molar-refractivity contribution is 6.25. The van der Waals surface area contributed by atoms with Crippen molar-refractivity contribution in [3.05, 3.63) is 78.0 Å². The summed E-state index contributed by atoms with van der Waals surface area (Å²) in [5.41, 5.74) is 1.43. The van der Waals surface area contributed by atoms with Crippen molar-refractivity contribution in [1.82, 2.24) is 10.0 Å². The number of ether oxygens (including phenoxy) is 2. The topological polar surface area (TPSA) is 130 Å². The lowest BCUT2D eigenvalue weighted by Gasteiger charge is -2.24. The van der Waals surface area contributed by atoms with E-state index in [0.29, 0.717) is 29.4 Å². The zero-order valence-electron chi connectivity index (χ0n) is 21.4. The summed E-state index contributed by atoms with van der Waals surface area (Å²) in [5, 5.41) is 15.0. The Labute approximate surface area is 227 Å². The number of anilines is 1. The van der Waals surface area contributed by atoms with Gasteiger partial charge in [-0.15, -0.1) is 0 Å². The number of hydrogen-bond donors (Lipinski definition) is 0. The van der Waals surface area contributed by atoms with Crippen LogP contribution in [0.5, 0.6) is 11.5 Å². The molecule has 0 aliphatic carbocycles. The fourth-order valence-corrected chi connectivity index (χ4v) is 5.07. The Hall–Kier alpha value is -5.07. The van der Waals surface area contributed by atoms with E-state index in [1.54, 1.807) is 24.3 Å². The Morgan fingerprint density at radius 2 is 1.88 bits per heavy atom. The summed E-state index contributed by atoms with van der Waals surface area (Å²) in [7, 11) is 3.07. The number of amides is 3. The Morgan fingerprint density at radius 3 is 2.60 bits per heavy atom. The zero-order valence-corrected chi connectivity index (χ0v) is 21.4. The summed E-state index contributed by atoms with van der Waals surface area (Å²) in [5.74, 6) is -0.765. The van der Waals surface area contributed by atoms with Gasteiger partial charge in [0, 0.05) is 12.0 Å². The van der Waals surface area contributed by atoms with Crippen molar-refractivity contribution < 1.29 is 32.7 Å². The monoisotopic (exact) mass is 546 g/mol. The number of hydrogen-bond acceptors (Lipinski definition) is 10. The van der Waals surface area contributed by atoms with Crippen LogP contribution >= 0.6 is 0 Å². The number of imide groups is 1. The second-order valence-corrected chi connectivity index (χ2v) is 9.27. The molecule has 0 bridgehead atoms. The molecule has 1 saturated heterocycles. The number of carbonyl (C=O) groups excluding carboxylic acids is 3. The molecule has 40 heavy (non-hydrogen) atoms. The smallest absolute Gasteiger partial charge is 0.264 e. The molecule has 13 heteroatoms. The van der Waals surface area contributed by atoms with Gasteiger partial charge in [-0.2, -0.15) is 10.2 Å². The maximum absolute atomic E-state index is 13.8. The molecule has 3 aromatic rings. The Kier molecular flexibility index (Phi) is 6.25. The molecular formula is C27H23FN6O6. The van der Waals surface area contributed by atoms with E-state index in [2.05, 4.69) is 15.4 Å². The summed E-state index contributed by atoms with van der Waals surface area (Å²) >= 11 is 0. The van der Waals surface area contributed by atoms with Gasteiger partial charge in [-0.05, 0) is 48.5 Å². The molecule has 3 amide bonds. The lowest BCUT2D eigenvalue weighted by atomic mass is 10.0. The minimum Gasteiger partial charge on any atom is -0.493 e. The minimum atomic E-state index is -1.13. The van der Waals surface area contributed by atoms with Crippen molar-refractivity contribution in [1.29, 1.82) is 0 Å². The molecule has 0 N–H and O–H groups in total. The molecular weight excluding hydrogens is 523 g/mol. The lowest BCUT2D eigenvalue weighted by molar-refractivity contribution is -0.135. The molecule has 4 heterocycles. The molecule has 0 radical (unpaired) electrons. The maximum Gasteiger partial charge on any atom is 0.264 e. The van der Waals surface area contributed by atoms with Gasteiger partial charge in [-0.1, -0.05) is 11.3 Å². The highest BCUT2D eigenvalue weighted by Gasteiger charge is 2.55. The van der Waals surface area contributed by atoms with E-state index in [0.717, 1.165) is 16.5 Å². The van der Waals surface area contributed by atoms with E-state index in [9.17, 15) is 18.8 Å². The maximum atomic E-state index is 13.8. The molecule has 6 rings (SSSR count). The quantitative estimate of drug-likeness (QED) is 0.417. The first-order chi connectivity index (χ1) is 19.4. The van der Waals surface area contributed by atoms with Crippen LogP contribution in [0.3, 0.4) is 0 Å². The number of carbonyl (C=O) groups is 3. The van der Waals surface area contributed by atoms with Gasteiger partial charge in [0.25, 0.3) is 17.7 Å². The second-order valence-electron chi connectivity index (χ2n) is 9.27. The van der Waals surface area contributed by atoms with Crippen LogP contribution in [0.25, 0.3) is 0 Å². The first-order valence-corrected chi connectivity index (χ1v) is 12.4. The van der Waals surface area contributed by atoms with Crippen molar-refractivity contribution in [3.63, 3.8) is 0 Å². The predicted octanol–water partition coefficient (Wildman–Crippen LogP) is 3.11. The summed E-state index contributed by atoms with van der Waals surface area (Å²) < 4.78 is 30.1. The molecule has 2 aromatic carbocycles. The van der Waals surface area contributed by atoms with Crippen molar-refractivity contribution >= 4 is 29.1 Å². The van der Waals surface area contributed by atoms with E-state index in [4.69, 9.17) is 13.9 Å². The fourth-order valence-electron chi connectivity index (χ4n) is 5.07. The number of fused-ring (bicyclic) bond motifs is 1. The van der Waals surface area contributed by atoms with Gasteiger partial charge in [0.05, 0.1) is 31.9 Å². The average molecular weight is 547 g/mol. The minimum absolute atomic E-state index is 0.0902. The van der Waals surface area contributed by atoms with Crippen molar-refractivity contribution in [3.8, 4) is 11.5 Å².